The lowest BCUT2D eigenvalue weighted by Crippen LogP contribution is -2.25. The van der Waals surface area contributed by atoms with Gasteiger partial charge in [-0.2, -0.15) is 13.2 Å². The molecular weight excluding hydrogens is 307 g/mol. The molecule has 0 aliphatic heterocycles. The normalized spacial score (nSPS) is 11.6. The van der Waals surface area contributed by atoms with Crippen LogP contribution in [0.15, 0.2) is 54.9 Å². The molecule has 0 aliphatic carbocycles. The molecule has 3 rings (SSSR count). The molecule has 1 amide bonds. The third-order valence-corrected chi connectivity index (χ3v) is 3.41. The minimum absolute atomic E-state index is 0.0159. The molecule has 0 unspecified atom stereocenters. The molecule has 0 aliphatic rings. The van der Waals surface area contributed by atoms with Gasteiger partial charge < -0.3 is 5.32 Å². The van der Waals surface area contributed by atoms with Crippen LogP contribution < -0.4 is 5.32 Å². The second-order valence-corrected chi connectivity index (χ2v) is 4.91. The molecule has 118 valence electrons. The number of aromatic nitrogens is 2. The SMILES string of the molecule is O=C(NCc1ccccc1C(F)(F)F)c1cnc2ccccn12. The number of hydrogen-bond acceptors (Lipinski definition) is 2. The van der Waals surface area contributed by atoms with Gasteiger partial charge in [0.1, 0.15) is 11.3 Å². The molecule has 0 bridgehead atoms. The van der Waals surface area contributed by atoms with Gasteiger partial charge in [-0.3, -0.25) is 9.20 Å². The highest BCUT2D eigenvalue weighted by Crippen LogP contribution is 2.31. The molecule has 0 spiro atoms. The second kappa shape index (κ2) is 5.75. The van der Waals surface area contributed by atoms with Crippen molar-refractivity contribution >= 4 is 11.6 Å². The first kappa shape index (κ1) is 15.1. The number of carbonyl (C=O) groups excluding carboxylic acids is 1. The standard InChI is InChI=1S/C16H12F3N3O/c17-16(18,19)12-6-2-1-5-11(12)9-21-15(23)13-10-20-14-7-3-4-8-22(13)14/h1-8,10H,9H2,(H,21,23). The number of alkyl halides is 3. The number of hydrogen-bond donors (Lipinski definition) is 1. The Kier molecular flexibility index (Phi) is 3.77. The average Bonchev–Trinajstić information content (AvgIpc) is 2.96. The summed E-state index contributed by atoms with van der Waals surface area (Å²) >= 11 is 0. The monoisotopic (exact) mass is 319 g/mol. The first-order valence-corrected chi connectivity index (χ1v) is 6.82. The lowest BCUT2D eigenvalue weighted by Gasteiger charge is -2.13. The minimum atomic E-state index is -4.45. The first-order valence-electron chi connectivity index (χ1n) is 6.82. The molecule has 0 radical (unpaired) electrons. The van der Waals surface area contributed by atoms with Crippen molar-refractivity contribution in [1.82, 2.24) is 14.7 Å². The number of imidazole rings is 1. The van der Waals surface area contributed by atoms with E-state index in [9.17, 15) is 18.0 Å². The third kappa shape index (κ3) is 3.03. The van der Waals surface area contributed by atoms with Gasteiger partial charge in [-0.05, 0) is 23.8 Å². The van der Waals surface area contributed by atoms with Crippen LogP contribution in [0, 0.1) is 0 Å². The third-order valence-electron chi connectivity index (χ3n) is 3.41. The van der Waals surface area contributed by atoms with Crippen LogP contribution in [-0.4, -0.2) is 15.3 Å². The molecule has 0 atom stereocenters. The number of carbonyl (C=O) groups is 1. The van der Waals surface area contributed by atoms with Gasteiger partial charge in [-0.1, -0.05) is 24.3 Å². The Morgan fingerprint density at radius 1 is 1.13 bits per heavy atom. The molecule has 2 aromatic heterocycles. The number of rotatable bonds is 3. The molecular formula is C16H12F3N3O. The molecule has 1 aromatic carbocycles. The topological polar surface area (TPSA) is 46.4 Å². The number of fused-ring (bicyclic) bond motifs is 1. The summed E-state index contributed by atoms with van der Waals surface area (Å²) in [6.07, 6.45) is -1.40. The molecule has 4 nitrogen and oxygen atoms in total. The van der Waals surface area contributed by atoms with Crippen molar-refractivity contribution < 1.29 is 18.0 Å². The van der Waals surface area contributed by atoms with Crippen molar-refractivity contribution in [2.45, 2.75) is 12.7 Å². The van der Waals surface area contributed by atoms with E-state index in [0.29, 0.717) is 5.65 Å². The molecule has 0 saturated heterocycles. The fourth-order valence-corrected chi connectivity index (χ4v) is 2.32. The van der Waals surface area contributed by atoms with Crippen LogP contribution in [0.5, 0.6) is 0 Å². The number of nitrogens with zero attached hydrogens (tertiary/aromatic N) is 2. The molecule has 0 fully saturated rings. The number of nitrogens with one attached hydrogen (secondary N) is 1. The van der Waals surface area contributed by atoms with Crippen LogP contribution in [0.1, 0.15) is 21.6 Å². The van der Waals surface area contributed by atoms with Gasteiger partial charge >= 0.3 is 6.18 Å². The predicted molar refractivity (Wildman–Crippen MR) is 77.8 cm³/mol. The van der Waals surface area contributed by atoms with Crippen LogP contribution in [0.2, 0.25) is 0 Å². The van der Waals surface area contributed by atoms with Gasteiger partial charge in [0.25, 0.3) is 5.91 Å². The highest BCUT2D eigenvalue weighted by molar-refractivity contribution is 5.93. The number of amides is 1. The first-order chi connectivity index (χ1) is 11.0. The number of pyridine rings is 1. The highest BCUT2D eigenvalue weighted by atomic mass is 19.4. The van der Waals surface area contributed by atoms with E-state index < -0.39 is 17.6 Å². The minimum Gasteiger partial charge on any atom is -0.347 e. The van der Waals surface area contributed by atoms with Crippen LogP contribution >= 0.6 is 0 Å². The Bertz CT molecular complexity index is 855. The zero-order valence-electron chi connectivity index (χ0n) is 11.8. The van der Waals surface area contributed by atoms with E-state index in [0.717, 1.165) is 6.07 Å². The van der Waals surface area contributed by atoms with Crippen molar-refractivity contribution in [2.24, 2.45) is 0 Å². The van der Waals surface area contributed by atoms with Crippen molar-refractivity contribution in [3.05, 3.63) is 71.7 Å². The highest BCUT2D eigenvalue weighted by Gasteiger charge is 2.32. The van der Waals surface area contributed by atoms with Gasteiger partial charge in [0.15, 0.2) is 0 Å². The van der Waals surface area contributed by atoms with Gasteiger partial charge in [0.2, 0.25) is 0 Å². The zero-order valence-corrected chi connectivity index (χ0v) is 11.8. The molecule has 3 aromatic rings. The summed E-state index contributed by atoms with van der Waals surface area (Å²) in [5.41, 5.74) is 0.124. The van der Waals surface area contributed by atoms with E-state index in [4.69, 9.17) is 0 Å². The van der Waals surface area contributed by atoms with Gasteiger partial charge in [0.05, 0.1) is 11.8 Å². The number of halogens is 3. The fourth-order valence-electron chi connectivity index (χ4n) is 2.32. The fraction of sp³-hybridized carbons (Fsp3) is 0.125. The smallest absolute Gasteiger partial charge is 0.347 e. The Hall–Kier alpha value is -2.83. The zero-order chi connectivity index (χ0) is 16.4. The molecule has 0 saturated carbocycles. The van der Waals surface area contributed by atoms with Gasteiger partial charge in [0, 0.05) is 12.7 Å². The Morgan fingerprint density at radius 2 is 1.87 bits per heavy atom. The molecule has 7 heteroatoms. The summed E-state index contributed by atoms with van der Waals surface area (Å²) in [4.78, 5) is 16.3. The predicted octanol–water partition coefficient (Wildman–Crippen LogP) is 3.28. The summed E-state index contributed by atoms with van der Waals surface area (Å²) in [6, 6.07) is 10.4. The summed E-state index contributed by atoms with van der Waals surface area (Å²) in [7, 11) is 0. The van der Waals surface area contributed by atoms with Crippen molar-refractivity contribution in [2.75, 3.05) is 0 Å². The van der Waals surface area contributed by atoms with Crippen molar-refractivity contribution in [3.8, 4) is 0 Å². The summed E-state index contributed by atoms with van der Waals surface area (Å²) in [5.74, 6) is -0.485. The summed E-state index contributed by atoms with van der Waals surface area (Å²) in [6.45, 7) is -0.214. The van der Waals surface area contributed by atoms with E-state index in [1.54, 1.807) is 28.8 Å². The van der Waals surface area contributed by atoms with Crippen LogP contribution in [0.4, 0.5) is 13.2 Å². The van der Waals surface area contributed by atoms with E-state index in [-0.39, 0.29) is 17.8 Å². The maximum Gasteiger partial charge on any atom is 0.416 e. The second-order valence-electron chi connectivity index (χ2n) is 4.91. The van der Waals surface area contributed by atoms with Gasteiger partial charge in [-0.15, -0.1) is 0 Å². The van der Waals surface area contributed by atoms with Crippen LogP contribution in [-0.2, 0) is 12.7 Å². The van der Waals surface area contributed by atoms with Crippen LogP contribution in [0.25, 0.3) is 5.65 Å². The maximum absolute atomic E-state index is 12.9. The summed E-state index contributed by atoms with van der Waals surface area (Å²) in [5, 5.41) is 2.51. The molecule has 1 N–H and O–H groups in total. The lowest BCUT2D eigenvalue weighted by atomic mass is 10.1. The van der Waals surface area contributed by atoms with Crippen molar-refractivity contribution in [3.63, 3.8) is 0 Å². The average molecular weight is 319 g/mol. The molecule has 23 heavy (non-hydrogen) atoms. The van der Waals surface area contributed by atoms with E-state index in [1.807, 2.05) is 0 Å². The quantitative estimate of drug-likeness (QED) is 0.805. The van der Waals surface area contributed by atoms with Gasteiger partial charge in [-0.25, -0.2) is 4.98 Å². The maximum atomic E-state index is 12.9. The molecule has 2 heterocycles. The van der Waals surface area contributed by atoms with Crippen molar-refractivity contribution in [1.29, 1.82) is 0 Å². The van der Waals surface area contributed by atoms with Crippen LogP contribution in [0.3, 0.4) is 0 Å². The Balaban J connectivity index is 1.80. The largest absolute Gasteiger partial charge is 0.416 e. The van der Waals surface area contributed by atoms with E-state index in [2.05, 4.69) is 10.3 Å². The van der Waals surface area contributed by atoms with E-state index in [1.165, 1.54) is 24.4 Å². The Labute approximate surface area is 129 Å². The Morgan fingerprint density at radius 3 is 2.65 bits per heavy atom. The summed E-state index contributed by atoms with van der Waals surface area (Å²) < 4.78 is 40.4. The number of benzene rings is 1. The van der Waals surface area contributed by atoms with E-state index >= 15 is 0 Å². The lowest BCUT2D eigenvalue weighted by molar-refractivity contribution is -0.138.